The summed E-state index contributed by atoms with van der Waals surface area (Å²) in [6, 6.07) is 27.8. The number of amides is 6. The van der Waals surface area contributed by atoms with E-state index in [-0.39, 0.29) is 41.4 Å². The van der Waals surface area contributed by atoms with E-state index in [1.54, 1.807) is 36.4 Å². The molecule has 0 spiro atoms. The predicted molar refractivity (Wildman–Crippen MR) is 221 cm³/mol. The third kappa shape index (κ3) is 10.3. The van der Waals surface area contributed by atoms with Gasteiger partial charge in [0.1, 0.15) is 0 Å². The molecule has 3 heterocycles. The van der Waals surface area contributed by atoms with Gasteiger partial charge < -0.3 is 14.7 Å². The van der Waals surface area contributed by atoms with Crippen LogP contribution in [0.3, 0.4) is 0 Å². The van der Waals surface area contributed by atoms with Crippen molar-refractivity contribution in [2.45, 2.75) is 31.6 Å². The number of carbonyl (C=O) groups excluding carboxylic acids is 6. The van der Waals surface area contributed by atoms with E-state index in [1.165, 1.54) is 14.7 Å². The molecule has 1 fully saturated rings. The Labute approximate surface area is 335 Å². The molecule has 1 unspecified atom stereocenters. The molecule has 0 radical (unpaired) electrons. The summed E-state index contributed by atoms with van der Waals surface area (Å²) in [6.07, 6.45) is 2.72. The number of fused-ring (bicyclic) bond motifs is 1. The summed E-state index contributed by atoms with van der Waals surface area (Å²) in [5.41, 5.74) is 3.26. The maximum atomic E-state index is 12.6. The van der Waals surface area contributed by atoms with Crippen LogP contribution in [-0.4, -0.2) is 146 Å². The summed E-state index contributed by atoms with van der Waals surface area (Å²) in [6.45, 7) is 4.08. The first-order chi connectivity index (χ1) is 27.3. The highest BCUT2D eigenvalue weighted by Crippen LogP contribution is 2.31. The number of nitrogens with zero attached hydrogens (tertiary/aromatic N) is 6. The predicted octanol–water partition coefficient (Wildman–Crippen LogP) is 5.10. The molecule has 300 valence electrons. The lowest BCUT2D eigenvalue weighted by molar-refractivity contribution is -0.138. The van der Waals surface area contributed by atoms with Crippen molar-refractivity contribution in [1.82, 2.24) is 29.4 Å². The van der Waals surface area contributed by atoms with Crippen molar-refractivity contribution in [2.24, 2.45) is 0 Å². The van der Waals surface area contributed by atoms with E-state index < -0.39 is 0 Å². The largest absolute Gasteiger partial charge is 0.309 e. The third-order valence-corrected chi connectivity index (χ3v) is 10.1. The van der Waals surface area contributed by atoms with Crippen LogP contribution >= 0.6 is 0 Å². The van der Waals surface area contributed by atoms with Crippen LogP contribution in [0, 0.1) is 0 Å². The number of likely N-dealkylation sites (tertiary alicyclic amines) is 1. The average Bonchev–Trinajstić information content (AvgIpc) is 3.61. The van der Waals surface area contributed by atoms with Gasteiger partial charge in [0.05, 0.1) is 17.0 Å². The fourth-order valence-corrected chi connectivity index (χ4v) is 7.22. The summed E-state index contributed by atoms with van der Waals surface area (Å²) in [5, 5.41) is 1.73. The molecule has 4 aromatic rings. The van der Waals surface area contributed by atoms with Crippen molar-refractivity contribution in [3.05, 3.63) is 119 Å². The molecule has 6 amide bonds. The molecular formula is C45H54N6O6. The van der Waals surface area contributed by atoms with Gasteiger partial charge in [0, 0.05) is 42.6 Å². The summed E-state index contributed by atoms with van der Waals surface area (Å²) in [7, 11) is 11.9. The van der Waals surface area contributed by atoms with Crippen molar-refractivity contribution in [3.63, 3.8) is 0 Å². The second-order valence-electron chi connectivity index (χ2n) is 15.3. The average molecular weight is 775 g/mol. The minimum absolute atomic E-state index is 0.0439. The first kappa shape index (κ1) is 42.6. The normalized spacial score (nSPS) is 16.2. The quantitative estimate of drug-likeness (QED) is 0.171. The Balaban J connectivity index is 0.000000164. The van der Waals surface area contributed by atoms with Gasteiger partial charge in [-0.1, -0.05) is 66.7 Å². The third-order valence-electron chi connectivity index (χ3n) is 10.1. The number of carbonyl (C=O) groups is 6. The van der Waals surface area contributed by atoms with Crippen molar-refractivity contribution in [3.8, 4) is 0 Å². The molecule has 0 aliphatic carbocycles. The highest BCUT2D eigenvalue weighted by molar-refractivity contribution is 6.25. The van der Waals surface area contributed by atoms with Crippen molar-refractivity contribution in [2.75, 3.05) is 81.6 Å². The van der Waals surface area contributed by atoms with Crippen LogP contribution in [0.15, 0.2) is 91.0 Å². The number of rotatable bonds is 13. The first-order valence-corrected chi connectivity index (χ1v) is 19.5. The van der Waals surface area contributed by atoms with Gasteiger partial charge in [-0.25, -0.2) is 0 Å². The molecule has 12 nitrogen and oxygen atoms in total. The van der Waals surface area contributed by atoms with Gasteiger partial charge in [-0.05, 0) is 116 Å². The van der Waals surface area contributed by atoms with Crippen molar-refractivity contribution >= 4 is 46.2 Å². The molecule has 3 aliphatic heterocycles. The molecule has 4 aromatic carbocycles. The molecule has 0 aromatic heterocycles. The van der Waals surface area contributed by atoms with Gasteiger partial charge in [-0.3, -0.25) is 43.5 Å². The molecule has 0 bridgehead atoms. The molecule has 0 N–H and O–H groups in total. The van der Waals surface area contributed by atoms with Gasteiger partial charge >= 0.3 is 0 Å². The Morgan fingerprint density at radius 2 is 0.860 bits per heavy atom. The molecule has 0 saturated carbocycles. The molecule has 1 saturated heterocycles. The fraction of sp³-hybridized carbons (Fsp3) is 0.378. The van der Waals surface area contributed by atoms with Gasteiger partial charge in [0.25, 0.3) is 23.6 Å². The van der Waals surface area contributed by atoms with Crippen LogP contribution in [-0.2, 0) is 9.59 Å². The topological polar surface area (TPSA) is 122 Å². The Morgan fingerprint density at radius 3 is 1.30 bits per heavy atom. The lowest BCUT2D eigenvalue weighted by atomic mass is 9.94. The van der Waals surface area contributed by atoms with Crippen LogP contribution in [0.4, 0.5) is 0 Å². The van der Waals surface area contributed by atoms with Gasteiger partial charge in [0.15, 0.2) is 0 Å². The van der Waals surface area contributed by atoms with E-state index in [4.69, 9.17) is 0 Å². The Kier molecular flexibility index (Phi) is 14.6. The van der Waals surface area contributed by atoms with Gasteiger partial charge in [-0.2, -0.15) is 0 Å². The number of hydrogen-bond donors (Lipinski definition) is 0. The van der Waals surface area contributed by atoms with Crippen LogP contribution in [0.2, 0.25) is 0 Å². The van der Waals surface area contributed by atoms with Crippen LogP contribution < -0.4 is 0 Å². The zero-order valence-corrected chi connectivity index (χ0v) is 33.9. The summed E-state index contributed by atoms with van der Waals surface area (Å²) in [5.74, 6) is -1.06. The lowest BCUT2D eigenvalue weighted by Gasteiger charge is -2.27. The lowest BCUT2D eigenvalue weighted by Crippen LogP contribution is -2.41. The summed E-state index contributed by atoms with van der Waals surface area (Å²) >= 11 is 0. The summed E-state index contributed by atoms with van der Waals surface area (Å²) in [4.78, 5) is 83.6. The highest BCUT2D eigenvalue weighted by Gasteiger charge is 2.39. The SMILES string of the molecule is CN(C)CCCN1C(=O)CC(c2ccccc2)C1=O.CN(C)CCCN1C(=O)c2cccc3cccc(c23)C1=O.CN(C)CCCN1C(=O)c2ccccc2C1=O. The first-order valence-electron chi connectivity index (χ1n) is 19.5. The minimum atomic E-state index is -0.284. The maximum absolute atomic E-state index is 12.6. The number of imide groups is 3. The van der Waals surface area contributed by atoms with Crippen LogP contribution in [0.5, 0.6) is 0 Å². The number of benzene rings is 4. The fourth-order valence-electron chi connectivity index (χ4n) is 7.22. The zero-order valence-electron chi connectivity index (χ0n) is 33.9. The van der Waals surface area contributed by atoms with E-state index in [9.17, 15) is 28.8 Å². The Bertz CT molecular complexity index is 2010. The zero-order chi connectivity index (χ0) is 41.2. The molecule has 57 heavy (non-hydrogen) atoms. The molecule has 12 heteroatoms. The number of hydrogen-bond acceptors (Lipinski definition) is 9. The minimum Gasteiger partial charge on any atom is -0.309 e. The Morgan fingerprint density at radius 1 is 0.474 bits per heavy atom. The van der Waals surface area contributed by atoms with E-state index in [2.05, 4.69) is 4.90 Å². The maximum Gasteiger partial charge on any atom is 0.261 e. The molecule has 3 aliphatic rings. The van der Waals surface area contributed by atoms with Gasteiger partial charge in [-0.15, -0.1) is 0 Å². The van der Waals surface area contributed by atoms with E-state index in [0.29, 0.717) is 48.3 Å². The molecule has 7 rings (SSSR count). The smallest absolute Gasteiger partial charge is 0.261 e. The molecular weight excluding hydrogens is 721 g/mol. The van der Waals surface area contributed by atoms with E-state index in [0.717, 1.165) is 55.2 Å². The van der Waals surface area contributed by atoms with E-state index >= 15 is 0 Å². The second kappa shape index (κ2) is 19.5. The Hall–Kier alpha value is -5.56. The van der Waals surface area contributed by atoms with Crippen molar-refractivity contribution < 1.29 is 28.8 Å². The summed E-state index contributed by atoms with van der Waals surface area (Å²) < 4.78 is 0. The van der Waals surface area contributed by atoms with Crippen LogP contribution in [0.25, 0.3) is 10.8 Å². The standard InChI is InChI=1S/C17H18N2O2.C15H20N2O2.C13H16N2O2/c1-18(2)10-5-11-19-16(20)13-8-3-6-12-7-4-9-14(15(12)13)17(19)21;1-16(2)9-6-10-17-14(18)11-13(15(17)19)12-7-4-3-5-8-12;1-14(2)8-5-9-15-12(16)10-6-3-4-7-11(10)13(15)17/h3-4,6-9H,5,10-11H2,1-2H3;3-5,7-8,13H,6,9-11H2,1-2H3;3-4,6-7H,5,8-9H2,1-2H3. The second-order valence-corrected chi connectivity index (χ2v) is 15.3. The highest BCUT2D eigenvalue weighted by atomic mass is 16.2. The van der Waals surface area contributed by atoms with Crippen molar-refractivity contribution in [1.29, 1.82) is 0 Å². The van der Waals surface area contributed by atoms with Gasteiger partial charge in [0.2, 0.25) is 11.8 Å². The van der Waals surface area contributed by atoms with Crippen LogP contribution in [0.1, 0.15) is 78.6 Å². The molecule has 1 atom stereocenters. The van der Waals surface area contributed by atoms with E-state index in [1.807, 2.05) is 107 Å². The monoisotopic (exact) mass is 774 g/mol.